The lowest BCUT2D eigenvalue weighted by Crippen LogP contribution is -2.59. The van der Waals surface area contributed by atoms with Crippen LogP contribution in [-0.4, -0.2) is 81.3 Å². The van der Waals surface area contributed by atoms with Crippen LogP contribution in [0.25, 0.3) is 0 Å². The van der Waals surface area contributed by atoms with Gasteiger partial charge in [0.1, 0.15) is 6.04 Å². The van der Waals surface area contributed by atoms with E-state index in [1.165, 1.54) is 6.20 Å². The normalized spacial score (nSPS) is 34.4. The molecule has 3 aliphatic heterocycles. The number of aliphatic hydroxyl groups excluding tert-OH is 1. The summed E-state index contributed by atoms with van der Waals surface area (Å²) in [5.74, 6) is 0.0683. The maximum atomic E-state index is 12.7. The van der Waals surface area contributed by atoms with Crippen LogP contribution in [-0.2, 0) is 9.53 Å². The molecule has 4 rings (SSSR count). The van der Waals surface area contributed by atoms with Crippen molar-refractivity contribution in [1.82, 2.24) is 14.7 Å². The number of carbonyl (C=O) groups is 2. The van der Waals surface area contributed by atoms with E-state index in [-0.39, 0.29) is 23.5 Å². The number of fused-ring (bicyclic) bond motifs is 1. The summed E-state index contributed by atoms with van der Waals surface area (Å²) in [6.07, 6.45) is 3.93. The van der Waals surface area contributed by atoms with Crippen LogP contribution in [0.5, 0.6) is 0 Å². The first kappa shape index (κ1) is 16.7. The van der Waals surface area contributed by atoms with E-state index >= 15 is 0 Å². The number of hydrogen-bond acceptors (Lipinski definition) is 5. The molecule has 1 unspecified atom stereocenters. The molecule has 2 N–H and O–H groups in total. The van der Waals surface area contributed by atoms with Gasteiger partial charge in [-0.1, -0.05) is 0 Å². The number of aliphatic hydroxyl groups is 1. The second-order valence-corrected chi connectivity index (χ2v) is 7.72. The van der Waals surface area contributed by atoms with Gasteiger partial charge in [0.25, 0.3) is 5.91 Å². The minimum absolute atomic E-state index is 0.0497. The number of amides is 2. The Bertz CT molecular complexity index is 617. The van der Waals surface area contributed by atoms with Gasteiger partial charge in [-0.25, -0.2) is 4.79 Å². The zero-order chi connectivity index (χ0) is 17.8. The van der Waals surface area contributed by atoms with Crippen molar-refractivity contribution in [2.75, 3.05) is 26.2 Å². The summed E-state index contributed by atoms with van der Waals surface area (Å²) in [7, 11) is 0. The molecule has 0 radical (unpaired) electrons. The average Bonchev–Trinajstić information content (AvgIpc) is 3.35. The highest BCUT2D eigenvalue weighted by Gasteiger charge is 2.51. The third-order valence-corrected chi connectivity index (χ3v) is 6.21. The van der Waals surface area contributed by atoms with Crippen molar-refractivity contribution >= 4 is 12.0 Å². The van der Waals surface area contributed by atoms with Crippen molar-refractivity contribution in [3.63, 3.8) is 0 Å². The largest absolute Gasteiger partial charge is 0.478 e. The van der Waals surface area contributed by atoms with Crippen LogP contribution in [0.4, 0.5) is 4.79 Å². The van der Waals surface area contributed by atoms with E-state index in [1.807, 2.05) is 0 Å². The van der Waals surface area contributed by atoms with Gasteiger partial charge in [0.15, 0.2) is 0 Å². The summed E-state index contributed by atoms with van der Waals surface area (Å²) in [5, 5.41) is 19.6. The Labute approximate surface area is 146 Å². The van der Waals surface area contributed by atoms with Crippen molar-refractivity contribution in [2.24, 2.45) is 5.41 Å². The van der Waals surface area contributed by atoms with Gasteiger partial charge in [-0.05, 0) is 38.1 Å². The summed E-state index contributed by atoms with van der Waals surface area (Å²) in [6, 6.07) is -0.807. The van der Waals surface area contributed by atoms with Gasteiger partial charge in [-0.2, -0.15) is 0 Å². The lowest BCUT2D eigenvalue weighted by atomic mass is 9.90. The third kappa shape index (κ3) is 2.77. The predicted molar refractivity (Wildman–Crippen MR) is 87.3 cm³/mol. The third-order valence-electron chi connectivity index (χ3n) is 6.21. The molecule has 8 heteroatoms. The minimum atomic E-state index is -1.16. The molecule has 0 aromatic carbocycles. The van der Waals surface area contributed by atoms with Crippen LogP contribution in [0.3, 0.4) is 0 Å². The van der Waals surface area contributed by atoms with Gasteiger partial charge in [0.05, 0.1) is 25.0 Å². The zero-order valence-electron chi connectivity index (χ0n) is 14.4. The monoisotopic (exact) mass is 351 g/mol. The van der Waals surface area contributed by atoms with Crippen molar-refractivity contribution in [2.45, 2.75) is 50.8 Å². The SMILES string of the molecule is C[C@H]1C(=O)N2C(=CN1C(=O)O)OCC[C@H]2CN1CCC2(CC2)C(O)C1. The zero-order valence-corrected chi connectivity index (χ0v) is 14.4. The fraction of sp³-hybridized carbons (Fsp3) is 0.765. The molecule has 2 saturated heterocycles. The Morgan fingerprint density at radius 2 is 2.16 bits per heavy atom. The van der Waals surface area contributed by atoms with Gasteiger partial charge in [-0.15, -0.1) is 0 Å². The van der Waals surface area contributed by atoms with Crippen LogP contribution >= 0.6 is 0 Å². The number of rotatable bonds is 2. The van der Waals surface area contributed by atoms with Crippen LogP contribution < -0.4 is 0 Å². The highest BCUT2D eigenvalue weighted by Crippen LogP contribution is 2.53. The second-order valence-electron chi connectivity index (χ2n) is 7.72. The molecule has 1 saturated carbocycles. The first-order chi connectivity index (χ1) is 11.9. The van der Waals surface area contributed by atoms with E-state index in [9.17, 15) is 19.8 Å². The van der Waals surface area contributed by atoms with Gasteiger partial charge < -0.3 is 14.9 Å². The molecule has 25 heavy (non-hydrogen) atoms. The predicted octanol–water partition coefficient (Wildman–Crippen LogP) is 0.632. The quantitative estimate of drug-likeness (QED) is 0.758. The van der Waals surface area contributed by atoms with Gasteiger partial charge in [0, 0.05) is 19.5 Å². The van der Waals surface area contributed by atoms with Crippen LogP contribution in [0, 0.1) is 5.41 Å². The molecule has 4 aliphatic rings. The summed E-state index contributed by atoms with van der Waals surface area (Å²) in [5.41, 5.74) is 0.161. The van der Waals surface area contributed by atoms with Gasteiger partial charge in [-0.3, -0.25) is 19.5 Å². The molecular formula is C17H25N3O5. The summed E-state index contributed by atoms with van der Waals surface area (Å²) in [4.78, 5) is 28.9. The van der Waals surface area contributed by atoms with E-state index in [0.29, 0.717) is 32.0 Å². The van der Waals surface area contributed by atoms with Crippen molar-refractivity contribution < 1.29 is 24.5 Å². The summed E-state index contributed by atoms with van der Waals surface area (Å²) >= 11 is 0. The fourth-order valence-corrected chi connectivity index (χ4v) is 4.30. The molecule has 3 heterocycles. The highest BCUT2D eigenvalue weighted by molar-refractivity contribution is 5.88. The van der Waals surface area contributed by atoms with E-state index in [4.69, 9.17) is 4.74 Å². The average molecular weight is 351 g/mol. The fourth-order valence-electron chi connectivity index (χ4n) is 4.30. The Morgan fingerprint density at radius 1 is 1.40 bits per heavy atom. The molecule has 1 spiro atoms. The van der Waals surface area contributed by atoms with Crippen LogP contribution in [0.1, 0.15) is 32.6 Å². The molecule has 3 fully saturated rings. The molecule has 2 amide bonds. The Kier molecular flexibility index (Phi) is 3.92. The number of β-amino-alcohol motifs (C(OH)–C–C–N with tert-alkyl or cyclic N) is 1. The van der Waals surface area contributed by atoms with E-state index in [2.05, 4.69) is 4.90 Å². The molecule has 3 atom stereocenters. The number of carbonyl (C=O) groups excluding carboxylic acids is 1. The number of ether oxygens (including phenoxy) is 1. The molecule has 8 nitrogen and oxygen atoms in total. The molecule has 138 valence electrons. The Hall–Kier alpha value is -1.80. The van der Waals surface area contributed by atoms with E-state index in [1.54, 1.807) is 11.8 Å². The van der Waals surface area contributed by atoms with Crippen LogP contribution in [0.2, 0.25) is 0 Å². The lowest BCUT2D eigenvalue weighted by Gasteiger charge is -2.45. The van der Waals surface area contributed by atoms with Crippen LogP contribution in [0.15, 0.2) is 12.1 Å². The summed E-state index contributed by atoms with van der Waals surface area (Å²) < 4.78 is 5.56. The molecular weight excluding hydrogens is 326 g/mol. The Balaban J connectivity index is 1.48. The van der Waals surface area contributed by atoms with E-state index in [0.717, 1.165) is 30.7 Å². The molecule has 0 aromatic rings. The number of carboxylic acid groups (broad SMARTS) is 1. The Morgan fingerprint density at radius 3 is 2.80 bits per heavy atom. The smallest absolute Gasteiger partial charge is 0.412 e. The van der Waals surface area contributed by atoms with Gasteiger partial charge in [0.2, 0.25) is 5.88 Å². The lowest BCUT2D eigenvalue weighted by molar-refractivity contribution is -0.145. The molecule has 0 aromatic heterocycles. The number of nitrogens with zero attached hydrogens (tertiary/aromatic N) is 3. The highest BCUT2D eigenvalue weighted by atomic mass is 16.5. The second kappa shape index (κ2) is 5.88. The van der Waals surface area contributed by atoms with Crippen molar-refractivity contribution in [1.29, 1.82) is 0 Å². The minimum Gasteiger partial charge on any atom is -0.478 e. The van der Waals surface area contributed by atoms with Crippen molar-refractivity contribution in [3.05, 3.63) is 12.1 Å². The maximum Gasteiger partial charge on any atom is 0.412 e. The molecule has 0 bridgehead atoms. The topological polar surface area (TPSA) is 93.6 Å². The first-order valence-corrected chi connectivity index (χ1v) is 9.01. The first-order valence-electron chi connectivity index (χ1n) is 9.01. The molecule has 1 aliphatic carbocycles. The summed E-state index contributed by atoms with van der Waals surface area (Å²) in [6.45, 7) is 4.32. The maximum absolute atomic E-state index is 12.7. The standard InChI is InChI=1S/C17H25N3O5/c1-11-15(22)20-12(2-7-25-14(20)10-19(11)16(23)24)8-18-6-5-17(3-4-17)13(21)9-18/h10-13,21H,2-9H2,1H3,(H,23,24)/t11-,12-,13?/m0/s1. The number of likely N-dealkylation sites (tertiary alicyclic amines) is 1. The number of hydrogen-bond donors (Lipinski definition) is 2. The van der Waals surface area contributed by atoms with Gasteiger partial charge >= 0.3 is 6.09 Å². The van der Waals surface area contributed by atoms with Crippen molar-refractivity contribution in [3.8, 4) is 0 Å². The van der Waals surface area contributed by atoms with E-state index < -0.39 is 12.1 Å². The number of piperidine rings is 1.